The summed E-state index contributed by atoms with van der Waals surface area (Å²) in [6.07, 6.45) is 2.32. The molecular weight excluding hydrogens is 342 g/mol. The lowest BCUT2D eigenvalue weighted by atomic mass is 10.1. The highest BCUT2D eigenvalue weighted by Crippen LogP contribution is 2.34. The second-order valence-corrected chi connectivity index (χ2v) is 6.22. The zero-order valence-electron chi connectivity index (χ0n) is 15.6. The lowest BCUT2D eigenvalue weighted by molar-refractivity contribution is 0.0489. The molecule has 0 saturated heterocycles. The number of para-hydroxylation sites is 1. The van der Waals surface area contributed by atoms with E-state index in [1.165, 1.54) is 0 Å². The molecule has 0 fully saturated rings. The van der Waals surface area contributed by atoms with Gasteiger partial charge >= 0.3 is 5.97 Å². The SMILES string of the molecule is CCCCOC(=O)c1nc(CC)c2cc(Oc3ccccc3)ccc2c1O. The fourth-order valence-electron chi connectivity index (χ4n) is 2.82. The third-order valence-corrected chi connectivity index (χ3v) is 4.27. The molecule has 0 amide bonds. The largest absolute Gasteiger partial charge is 0.505 e. The zero-order valence-corrected chi connectivity index (χ0v) is 15.6. The monoisotopic (exact) mass is 365 g/mol. The predicted octanol–water partition coefficient (Wildman–Crippen LogP) is 5.25. The van der Waals surface area contributed by atoms with Crippen LogP contribution in [0.1, 0.15) is 42.9 Å². The number of carbonyl (C=O) groups is 1. The van der Waals surface area contributed by atoms with Crippen molar-refractivity contribution in [1.29, 1.82) is 0 Å². The van der Waals surface area contributed by atoms with Crippen molar-refractivity contribution in [2.24, 2.45) is 0 Å². The summed E-state index contributed by atoms with van der Waals surface area (Å²) in [7, 11) is 0. The van der Waals surface area contributed by atoms with Crippen LogP contribution in [0.15, 0.2) is 48.5 Å². The number of unbranched alkanes of at least 4 members (excludes halogenated alkanes) is 1. The van der Waals surface area contributed by atoms with Gasteiger partial charge in [0.2, 0.25) is 0 Å². The van der Waals surface area contributed by atoms with Gasteiger partial charge in [0.15, 0.2) is 11.4 Å². The van der Waals surface area contributed by atoms with Gasteiger partial charge in [-0.15, -0.1) is 0 Å². The van der Waals surface area contributed by atoms with Crippen molar-refractivity contribution < 1.29 is 19.4 Å². The van der Waals surface area contributed by atoms with Crippen LogP contribution in [0.3, 0.4) is 0 Å². The van der Waals surface area contributed by atoms with Crippen LogP contribution in [0.2, 0.25) is 0 Å². The number of carbonyl (C=O) groups excluding carboxylic acids is 1. The normalized spacial score (nSPS) is 10.7. The minimum atomic E-state index is -0.595. The standard InChI is InChI=1S/C22H23NO4/c1-3-5-13-26-22(25)20-21(24)17-12-11-16(14-18(17)19(4-2)23-20)27-15-9-7-6-8-10-15/h6-12,14,24H,3-5,13H2,1-2H3. The minimum absolute atomic E-state index is 0.0350. The van der Waals surface area contributed by atoms with E-state index in [9.17, 15) is 9.90 Å². The van der Waals surface area contributed by atoms with Gasteiger partial charge in [-0.05, 0) is 43.2 Å². The average molecular weight is 365 g/mol. The Morgan fingerprint density at radius 1 is 1.04 bits per heavy atom. The molecule has 1 aromatic heterocycles. The van der Waals surface area contributed by atoms with Gasteiger partial charge < -0.3 is 14.6 Å². The van der Waals surface area contributed by atoms with Gasteiger partial charge in [0.05, 0.1) is 6.61 Å². The third-order valence-electron chi connectivity index (χ3n) is 4.27. The van der Waals surface area contributed by atoms with Crippen molar-refractivity contribution in [3.63, 3.8) is 0 Å². The Balaban J connectivity index is 1.97. The molecule has 2 aromatic carbocycles. The van der Waals surface area contributed by atoms with E-state index in [1.807, 2.05) is 50.2 Å². The average Bonchev–Trinajstić information content (AvgIpc) is 2.69. The molecule has 3 aromatic rings. The molecule has 0 saturated carbocycles. The smallest absolute Gasteiger partial charge is 0.360 e. The molecule has 27 heavy (non-hydrogen) atoms. The number of aromatic hydroxyl groups is 1. The second-order valence-electron chi connectivity index (χ2n) is 6.22. The summed E-state index contributed by atoms with van der Waals surface area (Å²) >= 11 is 0. The van der Waals surface area contributed by atoms with Crippen LogP contribution in [-0.4, -0.2) is 22.7 Å². The number of benzene rings is 2. The quantitative estimate of drug-likeness (QED) is 0.457. The van der Waals surface area contributed by atoms with Gasteiger partial charge in [0.1, 0.15) is 11.5 Å². The van der Waals surface area contributed by atoms with Crippen LogP contribution in [0.4, 0.5) is 0 Å². The molecule has 0 aliphatic carbocycles. The van der Waals surface area contributed by atoms with Crippen molar-refractivity contribution in [2.75, 3.05) is 6.61 Å². The second kappa shape index (κ2) is 8.54. The zero-order chi connectivity index (χ0) is 19.2. The van der Waals surface area contributed by atoms with E-state index in [4.69, 9.17) is 9.47 Å². The number of pyridine rings is 1. The number of hydrogen-bond acceptors (Lipinski definition) is 5. The fourth-order valence-corrected chi connectivity index (χ4v) is 2.82. The highest BCUT2D eigenvalue weighted by molar-refractivity contribution is 6.00. The number of aryl methyl sites for hydroxylation is 1. The van der Waals surface area contributed by atoms with Crippen LogP contribution in [0.25, 0.3) is 10.8 Å². The van der Waals surface area contributed by atoms with Crippen LogP contribution in [0, 0.1) is 0 Å². The number of fused-ring (bicyclic) bond motifs is 1. The molecule has 5 nitrogen and oxygen atoms in total. The molecule has 140 valence electrons. The Labute approximate surface area is 158 Å². The molecule has 1 heterocycles. The summed E-state index contributed by atoms with van der Waals surface area (Å²) in [5.74, 6) is 0.614. The molecular formula is C22H23NO4. The highest BCUT2D eigenvalue weighted by atomic mass is 16.5. The van der Waals surface area contributed by atoms with Crippen LogP contribution in [-0.2, 0) is 11.2 Å². The van der Waals surface area contributed by atoms with E-state index in [0.29, 0.717) is 29.9 Å². The highest BCUT2D eigenvalue weighted by Gasteiger charge is 2.20. The molecule has 0 aliphatic heterocycles. The molecule has 0 radical (unpaired) electrons. The first-order valence-corrected chi connectivity index (χ1v) is 9.19. The molecule has 0 aliphatic rings. The first-order valence-electron chi connectivity index (χ1n) is 9.19. The van der Waals surface area contributed by atoms with Gasteiger partial charge in [-0.3, -0.25) is 0 Å². The Kier molecular flexibility index (Phi) is 5.91. The summed E-state index contributed by atoms with van der Waals surface area (Å²) in [6, 6.07) is 14.8. The van der Waals surface area contributed by atoms with Crippen molar-refractivity contribution in [2.45, 2.75) is 33.1 Å². The Morgan fingerprint density at radius 3 is 2.52 bits per heavy atom. The van der Waals surface area contributed by atoms with E-state index >= 15 is 0 Å². The maximum absolute atomic E-state index is 12.3. The number of hydrogen-bond donors (Lipinski definition) is 1. The molecule has 0 spiro atoms. The first-order chi connectivity index (χ1) is 13.1. The van der Waals surface area contributed by atoms with Crippen molar-refractivity contribution in [3.05, 3.63) is 59.9 Å². The van der Waals surface area contributed by atoms with Crippen molar-refractivity contribution in [3.8, 4) is 17.2 Å². The number of ether oxygens (including phenoxy) is 2. The van der Waals surface area contributed by atoms with Gasteiger partial charge in [0.25, 0.3) is 0 Å². The minimum Gasteiger partial charge on any atom is -0.505 e. The van der Waals surface area contributed by atoms with Crippen LogP contribution < -0.4 is 4.74 Å². The number of aromatic nitrogens is 1. The first kappa shape index (κ1) is 18.7. The van der Waals surface area contributed by atoms with Crippen LogP contribution in [0.5, 0.6) is 17.2 Å². The van der Waals surface area contributed by atoms with Gasteiger partial charge in [0, 0.05) is 16.5 Å². The maximum atomic E-state index is 12.3. The van der Waals surface area contributed by atoms with Crippen molar-refractivity contribution in [1.82, 2.24) is 4.98 Å². The number of esters is 1. The Bertz CT molecular complexity index is 938. The van der Waals surface area contributed by atoms with E-state index < -0.39 is 5.97 Å². The maximum Gasteiger partial charge on any atom is 0.360 e. The predicted molar refractivity (Wildman–Crippen MR) is 104 cm³/mol. The molecule has 5 heteroatoms. The summed E-state index contributed by atoms with van der Waals surface area (Å²) in [6.45, 7) is 4.29. The number of nitrogens with zero attached hydrogens (tertiary/aromatic N) is 1. The molecule has 0 unspecified atom stereocenters. The molecule has 0 bridgehead atoms. The Hall–Kier alpha value is -3.08. The Morgan fingerprint density at radius 2 is 1.81 bits per heavy atom. The molecule has 3 rings (SSSR count). The molecule has 1 N–H and O–H groups in total. The number of rotatable bonds is 7. The van der Waals surface area contributed by atoms with Crippen molar-refractivity contribution >= 4 is 16.7 Å². The topological polar surface area (TPSA) is 68.7 Å². The third kappa shape index (κ3) is 4.19. The summed E-state index contributed by atoms with van der Waals surface area (Å²) in [4.78, 5) is 16.7. The fraction of sp³-hybridized carbons (Fsp3) is 0.273. The van der Waals surface area contributed by atoms with Crippen LogP contribution >= 0.6 is 0 Å². The summed E-state index contributed by atoms with van der Waals surface area (Å²) < 4.78 is 11.1. The summed E-state index contributed by atoms with van der Waals surface area (Å²) in [5, 5.41) is 11.9. The molecule has 0 atom stereocenters. The van der Waals surface area contributed by atoms with E-state index in [0.717, 1.165) is 24.0 Å². The van der Waals surface area contributed by atoms with Gasteiger partial charge in [-0.2, -0.15) is 0 Å². The lowest BCUT2D eigenvalue weighted by Crippen LogP contribution is -2.10. The lowest BCUT2D eigenvalue weighted by Gasteiger charge is -2.13. The van der Waals surface area contributed by atoms with E-state index in [-0.39, 0.29) is 11.4 Å². The van der Waals surface area contributed by atoms with Gasteiger partial charge in [-0.1, -0.05) is 38.5 Å². The van der Waals surface area contributed by atoms with Gasteiger partial charge in [-0.25, -0.2) is 9.78 Å². The van der Waals surface area contributed by atoms with E-state index in [2.05, 4.69) is 4.98 Å². The van der Waals surface area contributed by atoms with E-state index in [1.54, 1.807) is 12.1 Å². The summed E-state index contributed by atoms with van der Waals surface area (Å²) in [5.41, 5.74) is 0.677.